The molecule has 3 aromatic heterocycles. The number of ether oxygens (including phenoxy) is 4. The van der Waals surface area contributed by atoms with Gasteiger partial charge in [0.25, 0.3) is 11.8 Å². The van der Waals surface area contributed by atoms with Crippen molar-refractivity contribution in [2.45, 2.75) is 72.6 Å². The topological polar surface area (TPSA) is 169 Å². The van der Waals surface area contributed by atoms with Gasteiger partial charge < -0.3 is 23.5 Å². The number of aromatic amines is 1. The molecular formula is C31H34N8O6. The van der Waals surface area contributed by atoms with E-state index in [4.69, 9.17) is 23.9 Å². The summed E-state index contributed by atoms with van der Waals surface area (Å²) in [6.07, 6.45) is -0.351. The van der Waals surface area contributed by atoms with Gasteiger partial charge in [0, 0.05) is 18.5 Å². The molecule has 0 fully saturated rings. The van der Waals surface area contributed by atoms with E-state index in [2.05, 4.69) is 37.7 Å². The van der Waals surface area contributed by atoms with Gasteiger partial charge in [0.1, 0.15) is 11.3 Å². The van der Waals surface area contributed by atoms with Gasteiger partial charge in [-0.25, -0.2) is 14.6 Å². The fraction of sp³-hybridized carbons (Fsp3) is 0.355. The highest BCUT2D eigenvalue weighted by Gasteiger charge is 2.26. The van der Waals surface area contributed by atoms with E-state index >= 15 is 0 Å². The molecule has 14 heteroatoms. The van der Waals surface area contributed by atoms with E-state index in [0.29, 0.717) is 30.1 Å². The second-order valence-electron chi connectivity index (χ2n) is 10.7. The molecule has 0 spiro atoms. The van der Waals surface area contributed by atoms with Crippen molar-refractivity contribution in [3.63, 3.8) is 0 Å². The van der Waals surface area contributed by atoms with Crippen molar-refractivity contribution in [1.82, 2.24) is 40.4 Å². The maximum Gasteiger partial charge on any atom is 0.515 e. The Morgan fingerprint density at radius 2 is 1.49 bits per heavy atom. The van der Waals surface area contributed by atoms with Crippen LogP contribution in [0.15, 0.2) is 48.5 Å². The smallest absolute Gasteiger partial charge is 0.431 e. The molecule has 5 aromatic rings. The number of nitrogens with zero attached hydrogens (tertiary/aromatic N) is 7. The van der Waals surface area contributed by atoms with Crippen LogP contribution in [0, 0.1) is 0 Å². The van der Waals surface area contributed by atoms with Crippen LogP contribution in [-0.4, -0.2) is 64.9 Å². The number of imidazole rings is 1. The predicted molar refractivity (Wildman–Crippen MR) is 163 cm³/mol. The van der Waals surface area contributed by atoms with Crippen molar-refractivity contribution in [2.75, 3.05) is 0 Å². The normalized spacial score (nSPS) is 11.3. The average molecular weight is 615 g/mol. The minimum atomic E-state index is -0.949. The SMILES string of the molecule is CCCCc1nc2c(OC(=O)OC(C)C)nnc(OC(=O)OC(C)C)c2n1Cc1ccc(-c2ccccc2-c2nn[nH]n2)cc1. The minimum Gasteiger partial charge on any atom is -0.431 e. The third kappa shape index (κ3) is 7.40. The third-order valence-electron chi connectivity index (χ3n) is 6.58. The summed E-state index contributed by atoms with van der Waals surface area (Å²) in [5.74, 6) is 0.892. The van der Waals surface area contributed by atoms with Crippen molar-refractivity contribution in [2.24, 2.45) is 0 Å². The first-order valence-electron chi connectivity index (χ1n) is 14.7. The molecule has 0 unspecified atom stereocenters. The van der Waals surface area contributed by atoms with Gasteiger partial charge in [-0.05, 0) is 56.0 Å². The first kappa shape index (κ1) is 31.0. The van der Waals surface area contributed by atoms with Crippen LogP contribution in [0.5, 0.6) is 11.8 Å². The number of carbonyl (C=O) groups is 2. The van der Waals surface area contributed by atoms with Crippen LogP contribution < -0.4 is 9.47 Å². The maximum absolute atomic E-state index is 12.5. The lowest BCUT2D eigenvalue weighted by molar-refractivity contribution is 0.0686. The number of carbonyl (C=O) groups excluding carboxylic acids is 2. The zero-order valence-corrected chi connectivity index (χ0v) is 25.7. The second-order valence-corrected chi connectivity index (χ2v) is 10.7. The van der Waals surface area contributed by atoms with Crippen LogP contribution >= 0.6 is 0 Å². The fourth-order valence-electron chi connectivity index (χ4n) is 4.65. The van der Waals surface area contributed by atoms with E-state index in [0.717, 1.165) is 35.1 Å². The molecule has 3 heterocycles. The summed E-state index contributed by atoms with van der Waals surface area (Å²) in [6, 6.07) is 15.8. The second kappa shape index (κ2) is 13.9. The molecule has 0 amide bonds. The van der Waals surface area contributed by atoms with E-state index in [1.54, 1.807) is 27.7 Å². The number of unbranched alkanes of at least 4 members (excludes halogenated alkanes) is 1. The largest absolute Gasteiger partial charge is 0.515 e. The molecular weight excluding hydrogens is 580 g/mol. The highest BCUT2D eigenvalue weighted by Crippen LogP contribution is 2.33. The number of aromatic nitrogens is 8. The van der Waals surface area contributed by atoms with Gasteiger partial charge in [-0.1, -0.05) is 61.9 Å². The van der Waals surface area contributed by atoms with E-state index in [1.807, 2.05) is 53.1 Å². The highest BCUT2D eigenvalue weighted by atomic mass is 16.7. The van der Waals surface area contributed by atoms with E-state index in [1.165, 1.54) is 0 Å². The van der Waals surface area contributed by atoms with Gasteiger partial charge >= 0.3 is 12.3 Å². The number of H-pyrrole nitrogens is 1. The van der Waals surface area contributed by atoms with Gasteiger partial charge in [-0.2, -0.15) is 5.21 Å². The molecule has 234 valence electrons. The van der Waals surface area contributed by atoms with Crippen LogP contribution in [-0.2, 0) is 22.4 Å². The quantitative estimate of drug-likeness (QED) is 0.175. The summed E-state index contributed by atoms with van der Waals surface area (Å²) in [5, 5.41) is 22.5. The molecule has 0 aliphatic rings. The number of rotatable bonds is 11. The maximum atomic E-state index is 12.5. The number of tetrazole rings is 1. The first-order valence-corrected chi connectivity index (χ1v) is 14.7. The Hall–Kier alpha value is -5.40. The van der Waals surface area contributed by atoms with Crippen LogP contribution in [0.4, 0.5) is 9.59 Å². The zero-order valence-electron chi connectivity index (χ0n) is 25.7. The molecule has 0 radical (unpaired) electrons. The van der Waals surface area contributed by atoms with E-state index in [-0.39, 0.29) is 17.3 Å². The predicted octanol–water partition coefficient (Wildman–Crippen LogP) is 5.91. The molecule has 1 N–H and O–H groups in total. The molecule has 0 saturated carbocycles. The van der Waals surface area contributed by atoms with Gasteiger partial charge in [0.2, 0.25) is 5.82 Å². The fourth-order valence-corrected chi connectivity index (χ4v) is 4.65. The summed E-state index contributed by atoms with van der Waals surface area (Å²) >= 11 is 0. The Morgan fingerprint density at radius 1 is 0.844 bits per heavy atom. The number of aryl methyl sites for hydroxylation is 1. The molecule has 0 aliphatic carbocycles. The Balaban J connectivity index is 1.55. The van der Waals surface area contributed by atoms with Crippen molar-refractivity contribution in [3.8, 4) is 34.3 Å². The molecule has 45 heavy (non-hydrogen) atoms. The molecule has 0 atom stereocenters. The van der Waals surface area contributed by atoms with Gasteiger partial charge in [-0.15, -0.1) is 20.4 Å². The lowest BCUT2D eigenvalue weighted by Crippen LogP contribution is -2.18. The monoisotopic (exact) mass is 614 g/mol. The molecule has 0 aliphatic heterocycles. The Labute approximate surface area is 259 Å². The van der Waals surface area contributed by atoms with Crippen molar-refractivity contribution < 1.29 is 28.5 Å². The summed E-state index contributed by atoms with van der Waals surface area (Å²) < 4.78 is 23.1. The van der Waals surface area contributed by atoms with E-state index in [9.17, 15) is 9.59 Å². The summed E-state index contributed by atoms with van der Waals surface area (Å²) in [5.41, 5.74) is 4.23. The Kier molecular flexibility index (Phi) is 9.61. The third-order valence-corrected chi connectivity index (χ3v) is 6.58. The van der Waals surface area contributed by atoms with E-state index < -0.39 is 24.5 Å². The van der Waals surface area contributed by atoms with Crippen molar-refractivity contribution >= 4 is 23.3 Å². The number of nitrogens with one attached hydrogen (secondary N) is 1. The van der Waals surface area contributed by atoms with Crippen LogP contribution in [0.2, 0.25) is 0 Å². The zero-order chi connectivity index (χ0) is 31.9. The minimum absolute atomic E-state index is 0.124. The molecule has 2 aromatic carbocycles. The number of benzene rings is 2. The average Bonchev–Trinajstić information content (AvgIpc) is 3.66. The molecule has 0 saturated heterocycles. The highest BCUT2D eigenvalue weighted by molar-refractivity contribution is 5.88. The van der Waals surface area contributed by atoms with Crippen molar-refractivity contribution in [1.29, 1.82) is 0 Å². The lowest BCUT2D eigenvalue weighted by Gasteiger charge is -2.13. The van der Waals surface area contributed by atoms with Crippen molar-refractivity contribution in [3.05, 3.63) is 59.9 Å². The number of hydrogen-bond acceptors (Lipinski definition) is 12. The first-order chi connectivity index (χ1) is 21.7. The van der Waals surface area contributed by atoms with Gasteiger partial charge in [0.05, 0.1) is 12.2 Å². The summed E-state index contributed by atoms with van der Waals surface area (Å²) in [7, 11) is 0. The molecule has 5 rings (SSSR count). The number of fused-ring (bicyclic) bond motifs is 1. The van der Waals surface area contributed by atoms with Gasteiger partial charge in [0.15, 0.2) is 5.52 Å². The van der Waals surface area contributed by atoms with Crippen LogP contribution in [0.1, 0.15) is 58.8 Å². The lowest BCUT2D eigenvalue weighted by atomic mass is 9.98. The van der Waals surface area contributed by atoms with Crippen LogP contribution in [0.3, 0.4) is 0 Å². The summed E-state index contributed by atoms with van der Waals surface area (Å²) in [4.78, 5) is 29.7. The molecule has 0 bridgehead atoms. The Morgan fingerprint density at radius 3 is 2.11 bits per heavy atom. The van der Waals surface area contributed by atoms with Gasteiger partial charge in [-0.3, -0.25) is 0 Å². The number of hydrogen-bond donors (Lipinski definition) is 1. The van der Waals surface area contributed by atoms with Crippen LogP contribution in [0.25, 0.3) is 33.5 Å². The summed E-state index contributed by atoms with van der Waals surface area (Å²) in [6.45, 7) is 9.24. The molecule has 14 nitrogen and oxygen atoms in total. The Bertz CT molecular complexity index is 1770. The standard InChI is InChI=1S/C31H34N8O6/c1-6-7-12-24-32-25-26(29(45-31(41)43-19(4)5)36-35-28(25)44-30(40)42-18(2)3)39(24)17-20-13-15-21(16-14-20)22-10-8-9-11-23(22)27-33-37-38-34-27/h8-11,13-16,18-19H,6-7,12,17H2,1-5H3,(H,33,34,37,38).